The Morgan fingerprint density at radius 1 is 1.20 bits per heavy atom. The van der Waals surface area contributed by atoms with Crippen LogP contribution in [0.15, 0.2) is 53.4 Å². The predicted molar refractivity (Wildman–Crippen MR) is 101 cm³/mol. The number of aromatic nitrogens is 1. The van der Waals surface area contributed by atoms with Crippen molar-refractivity contribution in [3.63, 3.8) is 0 Å². The Balaban J connectivity index is 1.62. The molecule has 1 amide bonds. The second-order valence-electron chi connectivity index (χ2n) is 6.15. The van der Waals surface area contributed by atoms with Crippen molar-refractivity contribution < 1.29 is 9.00 Å². The summed E-state index contributed by atoms with van der Waals surface area (Å²) in [5.41, 5.74) is 1.64. The van der Waals surface area contributed by atoms with E-state index in [1.54, 1.807) is 41.9 Å². The second-order valence-corrected chi connectivity index (χ2v) is 8.60. The van der Waals surface area contributed by atoms with Gasteiger partial charge in [0.2, 0.25) is 0 Å². The maximum atomic E-state index is 13.0. The third-order valence-corrected chi connectivity index (χ3v) is 6.62. The highest BCUT2D eigenvalue weighted by atomic mass is 32.2. The van der Waals surface area contributed by atoms with Crippen molar-refractivity contribution >= 4 is 38.3 Å². The monoisotopic (exact) mass is 370 g/mol. The zero-order valence-electron chi connectivity index (χ0n) is 13.8. The summed E-state index contributed by atoms with van der Waals surface area (Å²) in [5, 5.41) is 1.01. The zero-order valence-corrected chi connectivity index (χ0v) is 15.5. The molecule has 0 saturated carbocycles. The van der Waals surface area contributed by atoms with Crippen molar-refractivity contribution in [1.82, 2.24) is 9.88 Å². The predicted octanol–water partition coefficient (Wildman–Crippen LogP) is 4.01. The molecular formula is C19H18N2O2S2. The lowest BCUT2D eigenvalue weighted by molar-refractivity contribution is 0.0735. The highest BCUT2D eigenvalue weighted by Gasteiger charge is 2.32. The fourth-order valence-corrected chi connectivity index (χ4v) is 4.89. The van der Waals surface area contributed by atoms with Crippen molar-refractivity contribution in [3.8, 4) is 0 Å². The van der Waals surface area contributed by atoms with Gasteiger partial charge in [0.05, 0.1) is 16.3 Å². The number of thiazole rings is 1. The lowest BCUT2D eigenvalue weighted by atomic mass is 10.1. The van der Waals surface area contributed by atoms with Gasteiger partial charge >= 0.3 is 0 Å². The van der Waals surface area contributed by atoms with E-state index in [1.807, 2.05) is 23.1 Å². The Kier molecular flexibility index (Phi) is 4.39. The van der Waals surface area contributed by atoms with E-state index in [9.17, 15) is 9.00 Å². The average Bonchev–Trinajstić information content (AvgIpc) is 3.27. The number of benzene rings is 2. The summed E-state index contributed by atoms with van der Waals surface area (Å²) >= 11 is 1.67. The molecule has 2 atom stereocenters. The largest absolute Gasteiger partial charge is 0.329 e. The summed E-state index contributed by atoms with van der Waals surface area (Å²) in [6, 6.07) is 15.2. The minimum absolute atomic E-state index is 0.0233. The SMILES string of the molecule is CS(=O)c1ccc(C(=O)N2CCCC2c2nc3ccccc3s2)cc1. The molecule has 1 aliphatic heterocycles. The maximum Gasteiger partial charge on any atom is 0.254 e. The number of para-hydroxylation sites is 1. The van der Waals surface area contributed by atoms with Crippen molar-refractivity contribution in [2.75, 3.05) is 12.8 Å². The van der Waals surface area contributed by atoms with Crippen LogP contribution in [0.5, 0.6) is 0 Å². The first-order chi connectivity index (χ1) is 12.1. The lowest BCUT2D eigenvalue weighted by Crippen LogP contribution is -2.30. The number of amides is 1. The first-order valence-corrected chi connectivity index (χ1v) is 10.6. The molecule has 1 aromatic heterocycles. The van der Waals surface area contributed by atoms with Gasteiger partial charge in [-0.3, -0.25) is 9.00 Å². The highest BCUT2D eigenvalue weighted by Crippen LogP contribution is 2.37. The minimum Gasteiger partial charge on any atom is -0.329 e. The third kappa shape index (κ3) is 3.12. The second kappa shape index (κ2) is 6.69. The number of rotatable bonds is 3. The standard InChI is InChI=1S/C19H18N2O2S2/c1-25(23)14-10-8-13(9-11-14)19(22)21-12-4-6-16(21)18-20-15-5-2-3-7-17(15)24-18/h2-3,5,7-11,16H,4,6,12H2,1H3. The quantitative estimate of drug-likeness (QED) is 0.700. The van der Waals surface area contributed by atoms with E-state index in [0.717, 1.165) is 39.5 Å². The van der Waals surface area contributed by atoms with Crippen LogP contribution in [-0.2, 0) is 10.8 Å². The van der Waals surface area contributed by atoms with Crippen LogP contribution >= 0.6 is 11.3 Å². The number of hydrogen-bond donors (Lipinski definition) is 0. The van der Waals surface area contributed by atoms with Crippen LogP contribution in [-0.4, -0.2) is 32.8 Å². The molecule has 1 aliphatic rings. The van der Waals surface area contributed by atoms with Crippen molar-refractivity contribution in [2.24, 2.45) is 0 Å². The summed E-state index contributed by atoms with van der Waals surface area (Å²) < 4.78 is 12.7. The molecule has 0 bridgehead atoms. The summed E-state index contributed by atoms with van der Waals surface area (Å²) in [6.45, 7) is 0.751. The molecule has 0 radical (unpaired) electrons. The Morgan fingerprint density at radius 2 is 1.96 bits per heavy atom. The molecule has 4 nitrogen and oxygen atoms in total. The molecule has 0 N–H and O–H groups in total. The number of likely N-dealkylation sites (tertiary alicyclic amines) is 1. The van der Waals surface area contributed by atoms with Crippen molar-refractivity contribution in [2.45, 2.75) is 23.8 Å². The number of fused-ring (bicyclic) bond motifs is 1. The lowest BCUT2D eigenvalue weighted by Gasteiger charge is -2.23. The Morgan fingerprint density at radius 3 is 2.68 bits per heavy atom. The molecule has 0 aliphatic carbocycles. The van der Waals surface area contributed by atoms with E-state index >= 15 is 0 Å². The highest BCUT2D eigenvalue weighted by molar-refractivity contribution is 7.84. The smallest absolute Gasteiger partial charge is 0.254 e. The maximum absolute atomic E-state index is 13.0. The zero-order chi connectivity index (χ0) is 17.4. The van der Waals surface area contributed by atoms with E-state index < -0.39 is 10.8 Å². The van der Waals surface area contributed by atoms with Crippen LogP contribution in [0, 0.1) is 0 Å². The van der Waals surface area contributed by atoms with Crippen LogP contribution in [0.25, 0.3) is 10.2 Å². The molecule has 1 fully saturated rings. The summed E-state index contributed by atoms with van der Waals surface area (Å²) in [5.74, 6) is 0.0233. The van der Waals surface area contributed by atoms with Gasteiger partial charge in [0.25, 0.3) is 5.91 Å². The van der Waals surface area contributed by atoms with Crippen LogP contribution in [0.2, 0.25) is 0 Å². The number of carbonyl (C=O) groups is 1. The topological polar surface area (TPSA) is 50.3 Å². The fourth-order valence-electron chi connectivity index (χ4n) is 3.25. The molecule has 0 spiro atoms. The van der Waals surface area contributed by atoms with E-state index in [-0.39, 0.29) is 11.9 Å². The molecule has 128 valence electrons. The van der Waals surface area contributed by atoms with Gasteiger partial charge in [-0.2, -0.15) is 0 Å². The fraction of sp³-hybridized carbons (Fsp3) is 0.263. The van der Waals surface area contributed by atoms with Gasteiger partial charge < -0.3 is 4.90 Å². The first-order valence-electron chi connectivity index (χ1n) is 8.23. The molecule has 6 heteroatoms. The summed E-state index contributed by atoms with van der Waals surface area (Å²) in [4.78, 5) is 20.4. The number of hydrogen-bond acceptors (Lipinski definition) is 4. The summed E-state index contributed by atoms with van der Waals surface area (Å²) in [7, 11) is -1.03. The minimum atomic E-state index is -1.03. The number of carbonyl (C=O) groups excluding carboxylic acids is 1. The molecule has 1 saturated heterocycles. The molecule has 2 heterocycles. The first kappa shape index (κ1) is 16.4. The van der Waals surface area contributed by atoms with E-state index in [0.29, 0.717) is 5.56 Å². The number of nitrogens with zero attached hydrogens (tertiary/aromatic N) is 2. The van der Waals surface area contributed by atoms with Gasteiger partial charge in [-0.1, -0.05) is 12.1 Å². The van der Waals surface area contributed by atoms with Gasteiger partial charge in [-0.25, -0.2) is 4.98 Å². The normalized spacial score (nSPS) is 18.6. The van der Waals surface area contributed by atoms with E-state index in [2.05, 4.69) is 6.07 Å². The van der Waals surface area contributed by atoms with Crippen LogP contribution in [0.3, 0.4) is 0 Å². The van der Waals surface area contributed by atoms with Gasteiger partial charge in [-0.15, -0.1) is 11.3 Å². The molecule has 2 aromatic carbocycles. The van der Waals surface area contributed by atoms with Gasteiger partial charge in [0.1, 0.15) is 5.01 Å². The molecule has 3 aromatic rings. The van der Waals surface area contributed by atoms with Gasteiger partial charge in [0, 0.05) is 34.1 Å². The van der Waals surface area contributed by atoms with E-state index in [4.69, 9.17) is 4.98 Å². The third-order valence-electron chi connectivity index (χ3n) is 4.54. The van der Waals surface area contributed by atoms with Gasteiger partial charge in [-0.05, 0) is 49.2 Å². The Bertz CT molecular complexity index is 916. The Labute approximate surface area is 153 Å². The van der Waals surface area contributed by atoms with E-state index in [1.165, 1.54) is 0 Å². The van der Waals surface area contributed by atoms with Crippen LogP contribution < -0.4 is 0 Å². The molecule has 2 unspecified atom stereocenters. The Hall–Kier alpha value is -2.05. The van der Waals surface area contributed by atoms with Crippen LogP contribution in [0.4, 0.5) is 0 Å². The molecule has 4 rings (SSSR count). The van der Waals surface area contributed by atoms with Crippen molar-refractivity contribution in [3.05, 3.63) is 59.1 Å². The van der Waals surface area contributed by atoms with Crippen LogP contribution in [0.1, 0.15) is 34.2 Å². The molecular weight excluding hydrogens is 352 g/mol. The van der Waals surface area contributed by atoms with Crippen molar-refractivity contribution in [1.29, 1.82) is 0 Å². The average molecular weight is 370 g/mol. The van der Waals surface area contributed by atoms with Gasteiger partial charge in [0.15, 0.2) is 0 Å². The summed E-state index contributed by atoms with van der Waals surface area (Å²) in [6.07, 6.45) is 3.58. The molecule has 25 heavy (non-hydrogen) atoms.